The van der Waals surface area contributed by atoms with E-state index in [0.29, 0.717) is 35.2 Å². The molecular weight excluding hydrogens is 384 g/mol. The number of carbonyl (C=O) groups is 2. The third-order valence-corrected chi connectivity index (χ3v) is 4.94. The van der Waals surface area contributed by atoms with Gasteiger partial charge in [-0.3, -0.25) is 20.4 Å². The zero-order chi connectivity index (χ0) is 22.1. The van der Waals surface area contributed by atoms with Crippen molar-refractivity contribution in [2.75, 3.05) is 14.2 Å². The third kappa shape index (κ3) is 5.65. The molecular formula is C23H30N2O5. The Morgan fingerprint density at radius 3 is 2.23 bits per heavy atom. The number of rotatable bonds is 9. The number of hydrogen-bond donors (Lipinski definition) is 2. The molecule has 0 fully saturated rings. The van der Waals surface area contributed by atoms with Gasteiger partial charge in [0.1, 0.15) is 5.75 Å². The second-order valence-electron chi connectivity index (χ2n) is 6.88. The summed E-state index contributed by atoms with van der Waals surface area (Å²) in [7, 11) is 3.00. The lowest BCUT2D eigenvalue weighted by Gasteiger charge is -2.21. The quantitative estimate of drug-likeness (QED) is 0.609. The Balaban J connectivity index is 2.03. The third-order valence-electron chi connectivity index (χ3n) is 4.94. The van der Waals surface area contributed by atoms with E-state index in [2.05, 4.69) is 24.7 Å². The van der Waals surface area contributed by atoms with Crippen molar-refractivity contribution in [1.82, 2.24) is 10.9 Å². The largest absolute Gasteiger partial charge is 0.493 e. The van der Waals surface area contributed by atoms with Crippen molar-refractivity contribution in [3.8, 4) is 17.2 Å². The second kappa shape index (κ2) is 11.1. The smallest absolute Gasteiger partial charge is 0.279 e. The first-order chi connectivity index (χ1) is 14.4. The summed E-state index contributed by atoms with van der Waals surface area (Å²) in [5.41, 5.74) is 6.25. The Morgan fingerprint density at radius 1 is 0.900 bits per heavy atom. The maximum Gasteiger partial charge on any atom is 0.279 e. The molecule has 0 radical (unpaired) electrons. The number of carbonyl (C=O) groups excluding carboxylic acids is 2. The standard InChI is InChI=1S/C23H30N2O5/c1-6-15(3)17-10-8-9-11-19(17)30-18(7-2)23(27)25-24-22(26)16-12-13-20(28-4)21(14-16)29-5/h8-15,18H,6-7H2,1-5H3,(H,24,26)(H,25,27). The van der Waals surface area contributed by atoms with E-state index in [0.717, 1.165) is 12.0 Å². The maximum absolute atomic E-state index is 12.6. The first kappa shape index (κ1) is 23.1. The zero-order valence-corrected chi connectivity index (χ0v) is 18.2. The Labute approximate surface area is 177 Å². The zero-order valence-electron chi connectivity index (χ0n) is 18.2. The molecule has 0 heterocycles. The molecule has 7 heteroatoms. The molecule has 0 bridgehead atoms. The summed E-state index contributed by atoms with van der Waals surface area (Å²) in [5, 5.41) is 0. The molecule has 7 nitrogen and oxygen atoms in total. The van der Waals surface area contributed by atoms with Crippen LogP contribution in [0.25, 0.3) is 0 Å². The summed E-state index contributed by atoms with van der Waals surface area (Å²) in [6.45, 7) is 6.08. The maximum atomic E-state index is 12.6. The Morgan fingerprint density at radius 2 is 1.60 bits per heavy atom. The van der Waals surface area contributed by atoms with Gasteiger partial charge in [-0.15, -0.1) is 0 Å². The Kier molecular flexibility index (Phi) is 8.53. The lowest BCUT2D eigenvalue weighted by atomic mass is 9.98. The molecule has 0 spiro atoms. The van der Waals surface area contributed by atoms with E-state index in [1.165, 1.54) is 20.3 Å². The number of nitrogens with one attached hydrogen (secondary N) is 2. The fourth-order valence-electron chi connectivity index (χ4n) is 2.94. The van der Waals surface area contributed by atoms with Crippen molar-refractivity contribution in [2.45, 2.75) is 45.6 Å². The van der Waals surface area contributed by atoms with Crippen LogP contribution < -0.4 is 25.1 Å². The van der Waals surface area contributed by atoms with E-state index in [9.17, 15) is 9.59 Å². The minimum Gasteiger partial charge on any atom is -0.493 e. The normalized spacial score (nSPS) is 12.4. The van der Waals surface area contributed by atoms with Gasteiger partial charge in [-0.2, -0.15) is 0 Å². The molecule has 0 aromatic heterocycles. The van der Waals surface area contributed by atoms with E-state index < -0.39 is 17.9 Å². The molecule has 0 saturated carbocycles. The van der Waals surface area contributed by atoms with Crippen LogP contribution in [0.15, 0.2) is 42.5 Å². The Bertz CT molecular complexity index is 868. The molecule has 2 N–H and O–H groups in total. The van der Waals surface area contributed by atoms with Crippen molar-refractivity contribution in [3.05, 3.63) is 53.6 Å². The number of benzene rings is 2. The number of para-hydroxylation sites is 1. The molecule has 2 rings (SSSR count). The first-order valence-corrected chi connectivity index (χ1v) is 10.0. The van der Waals surface area contributed by atoms with Crippen LogP contribution in [0, 0.1) is 0 Å². The van der Waals surface area contributed by atoms with Crippen molar-refractivity contribution < 1.29 is 23.8 Å². The number of ether oxygens (including phenoxy) is 3. The van der Waals surface area contributed by atoms with Crippen LogP contribution in [0.4, 0.5) is 0 Å². The van der Waals surface area contributed by atoms with Gasteiger partial charge in [-0.25, -0.2) is 0 Å². The summed E-state index contributed by atoms with van der Waals surface area (Å²) in [6.07, 6.45) is 0.679. The SMILES string of the molecule is CCC(Oc1ccccc1C(C)CC)C(=O)NNC(=O)c1ccc(OC)c(OC)c1. The predicted molar refractivity (Wildman–Crippen MR) is 115 cm³/mol. The summed E-state index contributed by atoms with van der Waals surface area (Å²) in [6, 6.07) is 12.4. The highest BCUT2D eigenvalue weighted by atomic mass is 16.5. The van der Waals surface area contributed by atoms with Gasteiger partial charge in [-0.05, 0) is 48.6 Å². The van der Waals surface area contributed by atoms with Gasteiger partial charge >= 0.3 is 0 Å². The molecule has 2 aromatic rings. The second-order valence-corrected chi connectivity index (χ2v) is 6.88. The molecule has 0 saturated heterocycles. The van der Waals surface area contributed by atoms with Gasteiger partial charge in [0, 0.05) is 5.56 Å². The van der Waals surface area contributed by atoms with E-state index in [4.69, 9.17) is 14.2 Å². The summed E-state index contributed by atoms with van der Waals surface area (Å²) < 4.78 is 16.3. The highest BCUT2D eigenvalue weighted by Gasteiger charge is 2.21. The molecule has 2 unspecified atom stereocenters. The molecule has 2 aromatic carbocycles. The van der Waals surface area contributed by atoms with E-state index in [1.54, 1.807) is 12.1 Å². The van der Waals surface area contributed by atoms with E-state index in [-0.39, 0.29) is 0 Å². The van der Waals surface area contributed by atoms with E-state index in [1.807, 2.05) is 31.2 Å². The molecule has 0 aliphatic heterocycles. The van der Waals surface area contributed by atoms with Gasteiger partial charge in [0.25, 0.3) is 11.8 Å². The molecule has 0 aliphatic rings. The summed E-state index contributed by atoms with van der Waals surface area (Å²) in [4.78, 5) is 25.0. The van der Waals surface area contributed by atoms with Crippen LogP contribution >= 0.6 is 0 Å². The molecule has 0 aliphatic carbocycles. The Hall–Kier alpha value is -3.22. The fraction of sp³-hybridized carbons (Fsp3) is 0.391. The summed E-state index contributed by atoms with van der Waals surface area (Å²) >= 11 is 0. The molecule has 30 heavy (non-hydrogen) atoms. The number of amides is 2. The van der Waals surface area contributed by atoms with Gasteiger partial charge in [-0.1, -0.05) is 39.0 Å². The number of hydrazine groups is 1. The van der Waals surface area contributed by atoms with Crippen molar-refractivity contribution in [2.24, 2.45) is 0 Å². The van der Waals surface area contributed by atoms with Crippen LogP contribution in [0.2, 0.25) is 0 Å². The van der Waals surface area contributed by atoms with Gasteiger partial charge < -0.3 is 14.2 Å². The number of methoxy groups -OCH3 is 2. The van der Waals surface area contributed by atoms with Crippen molar-refractivity contribution in [1.29, 1.82) is 0 Å². The monoisotopic (exact) mass is 414 g/mol. The lowest BCUT2D eigenvalue weighted by Crippen LogP contribution is -2.48. The first-order valence-electron chi connectivity index (χ1n) is 10.0. The van der Waals surface area contributed by atoms with Crippen LogP contribution in [-0.2, 0) is 4.79 Å². The topological polar surface area (TPSA) is 85.9 Å². The lowest BCUT2D eigenvalue weighted by molar-refractivity contribution is -0.128. The highest BCUT2D eigenvalue weighted by Crippen LogP contribution is 2.29. The average molecular weight is 415 g/mol. The van der Waals surface area contributed by atoms with Gasteiger partial charge in [0.05, 0.1) is 14.2 Å². The predicted octanol–water partition coefficient (Wildman–Crippen LogP) is 3.84. The fourth-order valence-corrected chi connectivity index (χ4v) is 2.94. The molecule has 2 amide bonds. The van der Waals surface area contributed by atoms with Crippen LogP contribution in [-0.4, -0.2) is 32.1 Å². The van der Waals surface area contributed by atoms with Crippen LogP contribution in [0.3, 0.4) is 0 Å². The minimum atomic E-state index is -0.735. The summed E-state index contributed by atoms with van der Waals surface area (Å²) in [5.74, 6) is 1.03. The van der Waals surface area contributed by atoms with Gasteiger partial charge in [0.15, 0.2) is 17.6 Å². The van der Waals surface area contributed by atoms with Crippen LogP contribution in [0.1, 0.15) is 55.5 Å². The van der Waals surface area contributed by atoms with Crippen molar-refractivity contribution in [3.63, 3.8) is 0 Å². The van der Waals surface area contributed by atoms with Gasteiger partial charge in [0.2, 0.25) is 0 Å². The van der Waals surface area contributed by atoms with Crippen molar-refractivity contribution >= 4 is 11.8 Å². The average Bonchev–Trinajstić information content (AvgIpc) is 2.79. The van der Waals surface area contributed by atoms with E-state index >= 15 is 0 Å². The minimum absolute atomic E-state index is 0.312. The highest BCUT2D eigenvalue weighted by molar-refractivity contribution is 5.96. The molecule has 2 atom stereocenters. The molecule has 162 valence electrons. The number of hydrogen-bond acceptors (Lipinski definition) is 5. The van der Waals surface area contributed by atoms with Crippen LogP contribution in [0.5, 0.6) is 17.2 Å².